The van der Waals surface area contributed by atoms with Crippen LogP contribution >= 0.6 is 22.6 Å². The lowest BCUT2D eigenvalue weighted by Crippen LogP contribution is -2.24. The molecule has 0 bridgehead atoms. The number of halogens is 1. The van der Waals surface area contributed by atoms with E-state index >= 15 is 0 Å². The first kappa shape index (κ1) is 14.5. The molecule has 1 aromatic carbocycles. The van der Waals surface area contributed by atoms with Gasteiger partial charge in [-0.3, -0.25) is 4.68 Å². The molecule has 19 heavy (non-hydrogen) atoms. The average molecular weight is 370 g/mol. The lowest BCUT2D eigenvalue weighted by Gasteiger charge is -2.18. The summed E-state index contributed by atoms with van der Waals surface area (Å²) in [5.74, 6) is 0. The van der Waals surface area contributed by atoms with E-state index in [1.807, 2.05) is 13.2 Å². The summed E-state index contributed by atoms with van der Waals surface area (Å²) in [6.07, 6.45) is 3.98. The lowest BCUT2D eigenvalue weighted by atomic mass is 10.0. The Labute approximate surface area is 127 Å². The third kappa shape index (κ3) is 4.28. The fourth-order valence-electron chi connectivity index (χ4n) is 2.05. The van der Waals surface area contributed by atoms with E-state index in [1.165, 1.54) is 9.13 Å². The monoisotopic (exact) mass is 370 g/mol. The number of hydrogen-bond donors (Lipinski definition) is 1. The Morgan fingerprint density at radius 3 is 2.89 bits per heavy atom. The van der Waals surface area contributed by atoms with Gasteiger partial charge in [-0.1, -0.05) is 24.3 Å². The van der Waals surface area contributed by atoms with Crippen molar-refractivity contribution in [3.63, 3.8) is 0 Å². The van der Waals surface area contributed by atoms with E-state index in [0.717, 1.165) is 25.1 Å². The molecule has 1 heterocycles. The van der Waals surface area contributed by atoms with Crippen LogP contribution in [0.4, 0.5) is 0 Å². The fraction of sp³-hybridized carbons (Fsp3) is 0.429. The van der Waals surface area contributed by atoms with Crippen LogP contribution in [0.2, 0.25) is 0 Å². The van der Waals surface area contributed by atoms with Crippen molar-refractivity contribution in [2.45, 2.75) is 25.8 Å². The van der Waals surface area contributed by atoms with Crippen molar-refractivity contribution >= 4 is 22.6 Å². The molecular formula is C14H19IN4. The maximum atomic E-state index is 4.18. The number of aromatic nitrogens is 3. The molecule has 4 nitrogen and oxygen atoms in total. The Balaban J connectivity index is 2.15. The minimum absolute atomic E-state index is 0.298. The lowest BCUT2D eigenvalue weighted by molar-refractivity contribution is 0.524. The molecule has 102 valence electrons. The Kier molecular flexibility index (Phi) is 5.33. The van der Waals surface area contributed by atoms with Crippen molar-refractivity contribution in [2.75, 3.05) is 6.54 Å². The van der Waals surface area contributed by atoms with E-state index in [1.54, 1.807) is 4.68 Å². The standard InChI is InChI=1S/C14H19IN4/c1-3-7-16-14(9-13-10-19(2)18-17-13)11-5-4-6-12(15)8-11/h4-6,8,10,14,16H,3,7,9H2,1-2H3. The zero-order chi connectivity index (χ0) is 13.7. The van der Waals surface area contributed by atoms with Gasteiger partial charge in [0.15, 0.2) is 0 Å². The third-order valence-electron chi connectivity index (χ3n) is 2.96. The molecule has 2 aromatic rings. The van der Waals surface area contributed by atoms with Crippen molar-refractivity contribution < 1.29 is 0 Å². The van der Waals surface area contributed by atoms with Crippen LogP contribution in [0.25, 0.3) is 0 Å². The van der Waals surface area contributed by atoms with Gasteiger partial charge in [0.1, 0.15) is 0 Å². The summed E-state index contributed by atoms with van der Waals surface area (Å²) in [5, 5.41) is 11.8. The molecule has 0 spiro atoms. The Bertz CT molecular complexity index is 524. The number of nitrogens with zero attached hydrogens (tertiary/aromatic N) is 3. The predicted octanol–water partition coefficient (Wildman–Crippen LogP) is 2.70. The first-order valence-corrected chi connectivity index (χ1v) is 7.61. The van der Waals surface area contributed by atoms with Gasteiger partial charge in [0, 0.05) is 29.3 Å². The second-order valence-electron chi connectivity index (χ2n) is 4.65. The first-order valence-electron chi connectivity index (χ1n) is 6.53. The number of aryl methyl sites for hydroxylation is 1. The quantitative estimate of drug-likeness (QED) is 0.796. The van der Waals surface area contributed by atoms with Gasteiger partial charge in [-0.25, -0.2) is 0 Å². The number of benzene rings is 1. The van der Waals surface area contributed by atoms with Crippen LogP contribution in [0.15, 0.2) is 30.5 Å². The van der Waals surface area contributed by atoms with Crippen molar-refractivity contribution in [3.05, 3.63) is 45.3 Å². The summed E-state index contributed by atoms with van der Waals surface area (Å²) >= 11 is 2.35. The van der Waals surface area contributed by atoms with Gasteiger partial charge in [-0.15, -0.1) is 5.10 Å². The normalized spacial score (nSPS) is 12.6. The van der Waals surface area contributed by atoms with Crippen molar-refractivity contribution in [1.82, 2.24) is 20.3 Å². The van der Waals surface area contributed by atoms with Crippen LogP contribution in [0.3, 0.4) is 0 Å². The molecule has 0 radical (unpaired) electrons. The molecule has 0 saturated heterocycles. The molecule has 0 aliphatic rings. The van der Waals surface area contributed by atoms with Crippen LogP contribution in [-0.2, 0) is 13.5 Å². The Hall–Kier alpha value is -0.950. The van der Waals surface area contributed by atoms with Crippen molar-refractivity contribution in [2.24, 2.45) is 7.05 Å². The molecule has 1 aromatic heterocycles. The molecule has 1 unspecified atom stereocenters. The third-order valence-corrected chi connectivity index (χ3v) is 3.63. The summed E-state index contributed by atoms with van der Waals surface area (Å²) in [7, 11) is 1.90. The fourth-order valence-corrected chi connectivity index (χ4v) is 2.61. The molecule has 0 aliphatic heterocycles. The summed E-state index contributed by atoms with van der Waals surface area (Å²) in [6, 6.07) is 8.92. The topological polar surface area (TPSA) is 42.7 Å². The van der Waals surface area contributed by atoms with Crippen LogP contribution < -0.4 is 5.32 Å². The summed E-state index contributed by atoms with van der Waals surface area (Å²) in [4.78, 5) is 0. The van der Waals surface area contributed by atoms with Gasteiger partial charge in [0.2, 0.25) is 0 Å². The highest BCUT2D eigenvalue weighted by molar-refractivity contribution is 14.1. The highest BCUT2D eigenvalue weighted by Crippen LogP contribution is 2.19. The SMILES string of the molecule is CCCNC(Cc1cn(C)nn1)c1cccc(I)c1. The number of hydrogen-bond acceptors (Lipinski definition) is 3. The Morgan fingerprint density at radius 2 is 2.26 bits per heavy atom. The van der Waals surface area contributed by atoms with Gasteiger partial charge in [-0.05, 0) is 53.3 Å². The molecule has 1 N–H and O–H groups in total. The van der Waals surface area contributed by atoms with E-state index in [4.69, 9.17) is 0 Å². The van der Waals surface area contributed by atoms with E-state index in [2.05, 4.69) is 69.4 Å². The van der Waals surface area contributed by atoms with E-state index in [-0.39, 0.29) is 0 Å². The van der Waals surface area contributed by atoms with Gasteiger partial charge in [-0.2, -0.15) is 0 Å². The van der Waals surface area contributed by atoms with Crippen LogP contribution in [-0.4, -0.2) is 21.5 Å². The van der Waals surface area contributed by atoms with Crippen LogP contribution in [0.1, 0.15) is 30.6 Å². The van der Waals surface area contributed by atoms with Crippen LogP contribution in [0, 0.1) is 3.57 Å². The van der Waals surface area contributed by atoms with E-state index in [0.29, 0.717) is 6.04 Å². The molecule has 0 fully saturated rings. The largest absolute Gasteiger partial charge is 0.310 e. The minimum Gasteiger partial charge on any atom is -0.310 e. The molecule has 2 rings (SSSR count). The average Bonchev–Trinajstić information content (AvgIpc) is 2.80. The molecule has 0 aliphatic carbocycles. The zero-order valence-corrected chi connectivity index (χ0v) is 13.5. The number of rotatable bonds is 6. The molecule has 1 atom stereocenters. The Morgan fingerprint density at radius 1 is 1.42 bits per heavy atom. The molecular weight excluding hydrogens is 351 g/mol. The predicted molar refractivity (Wildman–Crippen MR) is 84.9 cm³/mol. The van der Waals surface area contributed by atoms with Crippen LogP contribution in [0.5, 0.6) is 0 Å². The van der Waals surface area contributed by atoms with Crippen molar-refractivity contribution in [3.8, 4) is 0 Å². The number of nitrogens with one attached hydrogen (secondary N) is 1. The highest BCUT2D eigenvalue weighted by Gasteiger charge is 2.13. The van der Waals surface area contributed by atoms with Gasteiger partial charge in [0.25, 0.3) is 0 Å². The molecule has 5 heteroatoms. The second kappa shape index (κ2) is 7.00. The maximum Gasteiger partial charge on any atom is 0.0845 e. The smallest absolute Gasteiger partial charge is 0.0845 e. The summed E-state index contributed by atoms with van der Waals surface area (Å²) < 4.78 is 3.01. The minimum atomic E-state index is 0.298. The maximum absolute atomic E-state index is 4.18. The van der Waals surface area contributed by atoms with E-state index < -0.39 is 0 Å². The summed E-state index contributed by atoms with van der Waals surface area (Å²) in [5.41, 5.74) is 2.33. The zero-order valence-electron chi connectivity index (χ0n) is 11.3. The van der Waals surface area contributed by atoms with Gasteiger partial charge >= 0.3 is 0 Å². The summed E-state index contributed by atoms with van der Waals surface area (Å²) in [6.45, 7) is 3.19. The highest BCUT2D eigenvalue weighted by atomic mass is 127. The second-order valence-corrected chi connectivity index (χ2v) is 5.90. The molecule has 0 amide bonds. The van der Waals surface area contributed by atoms with Crippen molar-refractivity contribution in [1.29, 1.82) is 0 Å². The van der Waals surface area contributed by atoms with E-state index in [9.17, 15) is 0 Å². The first-order chi connectivity index (χ1) is 9.19. The molecule has 0 saturated carbocycles. The van der Waals surface area contributed by atoms with Gasteiger partial charge < -0.3 is 5.32 Å². The van der Waals surface area contributed by atoms with Gasteiger partial charge in [0.05, 0.1) is 5.69 Å².